The lowest BCUT2D eigenvalue weighted by Gasteiger charge is -2.05. The van der Waals surface area contributed by atoms with E-state index in [4.69, 9.17) is 9.47 Å². The average molecular weight is 340 g/mol. The summed E-state index contributed by atoms with van der Waals surface area (Å²) in [6.07, 6.45) is 0.970. The topological polar surface area (TPSA) is 49.2 Å². The van der Waals surface area contributed by atoms with Crippen molar-refractivity contribution in [1.29, 1.82) is 0 Å². The molecule has 0 fully saturated rings. The molecule has 0 saturated carbocycles. The molecule has 0 radical (unpaired) electrons. The van der Waals surface area contributed by atoms with E-state index < -0.39 is 0 Å². The lowest BCUT2D eigenvalue weighted by molar-refractivity contribution is 0.0615. The van der Waals surface area contributed by atoms with Crippen molar-refractivity contribution in [2.45, 2.75) is 27.0 Å². The van der Waals surface area contributed by atoms with Gasteiger partial charge in [0.2, 0.25) is 0 Å². The third-order valence-corrected chi connectivity index (χ3v) is 3.10. The average Bonchev–Trinajstić information content (AvgIpc) is 2.84. The zero-order chi connectivity index (χ0) is 14.4. The largest absolute Gasteiger partial charge is 0.464 e. The van der Waals surface area contributed by atoms with Crippen LogP contribution in [0.4, 0.5) is 0 Å². The van der Waals surface area contributed by atoms with Gasteiger partial charge in [0.1, 0.15) is 6.73 Å². The third kappa shape index (κ3) is 3.80. The first-order valence-corrected chi connectivity index (χ1v) is 7.45. The first-order chi connectivity index (χ1) is 9.74. The van der Waals surface area contributed by atoms with Crippen LogP contribution >= 0.6 is 15.9 Å². The van der Waals surface area contributed by atoms with Crippen LogP contribution in [0.25, 0.3) is 11.4 Å². The predicted molar refractivity (Wildman–Crippen MR) is 80.6 cm³/mol. The summed E-state index contributed by atoms with van der Waals surface area (Å²) in [5.74, 6) is 0.640. The molecule has 1 aromatic carbocycles. The maximum Gasteiger partial charge on any atom is 0.317 e. The molecule has 0 atom stereocenters. The molecule has 0 aliphatic carbocycles. The van der Waals surface area contributed by atoms with Crippen LogP contribution < -0.4 is 4.74 Å². The SMILES string of the molecule is CCCOCn1nc(-c2ccc(Br)cc2)nc1OCC. The van der Waals surface area contributed by atoms with Gasteiger partial charge in [0.15, 0.2) is 5.82 Å². The van der Waals surface area contributed by atoms with Crippen LogP contribution in [0.2, 0.25) is 0 Å². The van der Waals surface area contributed by atoms with Gasteiger partial charge in [-0.1, -0.05) is 35.0 Å². The maximum atomic E-state index is 5.50. The summed E-state index contributed by atoms with van der Waals surface area (Å²) in [6, 6.07) is 8.34. The van der Waals surface area contributed by atoms with Crippen LogP contribution in [0.1, 0.15) is 20.3 Å². The van der Waals surface area contributed by atoms with Gasteiger partial charge in [-0.3, -0.25) is 0 Å². The van der Waals surface area contributed by atoms with Crippen LogP contribution in [-0.4, -0.2) is 28.0 Å². The van der Waals surface area contributed by atoms with Crippen LogP contribution in [0, 0.1) is 0 Å². The molecule has 0 aliphatic rings. The standard InChI is InChI=1S/C14H18BrN3O2/c1-3-9-19-10-18-14(20-4-2)16-13(17-18)11-5-7-12(15)8-6-11/h5-8H,3-4,9-10H2,1-2H3. The predicted octanol–water partition coefficient (Wildman–Crippen LogP) is 3.49. The quantitative estimate of drug-likeness (QED) is 0.724. The number of halogens is 1. The Kier molecular flexibility index (Phi) is 5.55. The van der Waals surface area contributed by atoms with Crippen molar-refractivity contribution in [2.75, 3.05) is 13.2 Å². The van der Waals surface area contributed by atoms with Crippen molar-refractivity contribution in [3.05, 3.63) is 28.7 Å². The number of ether oxygens (including phenoxy) is 2. The summed E-state index contributed by atoms with van der Waals surface area (Å²) < 4.78 is 13.7. The molecule has 2 rings (SSSR count). The first-order valence-electron chi connectivity index (χ1n) is 6.66. The highest BCUT2D eigenvalue weighted by Gasteiger charge is 2.12. The molecule has 5 nitrogen and oxygen atoms in total. The number of hydrogen-bond acceptors (Lipinski definition) is 4. The molecule has 0 aliphatic heterocycles. The van der Waals surface area contributed by atoms with E-state index in [-0.39, 0.29) is 0 Å². The highest BCUT2D eigenvalue weighted by Crippen LogP contribution is 2.21. The van der Waals surface area contributed by atoms with E-state index >= 15 is 0 Å². The second-order valence-corrected chi connectivity index (χ2v) is 5.11. The van der Waals surface area contributed by atoms with E-state index in [1.54, 1.807) is 4.68 Å². The number of hydrogen-bond donors (Lipinski definition) is 0. The zero-order valence-electron chi connectivity index (χ0n) is 11.7. The van der Waals surface area contributed by atoms with E-state index in [1.807, 2.05) is 31.2 Å². The Morgan fingerprint density at radius 2 is 1.95 bits per heavy atom. The van der Waals surface area contributed by atoms with Gasteiger partial charge in [-0.25, -0.2) is 0 Å². The molecule has 1 aromatic heterocycles. The number of aromatic nitrogens is 3. The molecule has 0 spiro atoms. The van der Waals surface area contributed by atoms with Crippen molar-refractivity contribution in [1.82, 2.24) is 14.8 Å². The highest BCUT2D eigenvalue weighted by atomic mass is 79.9. The van der Waals surface area contributed by atoms with Crippen LogP contribution in [-0.2, 0) is 11.5 Å². The smallest absolute Gasteiger partial charge is 0.317 e. The van der Waals surface area contributed by atoms with Gasteiger partial charge >= 0.3 is 6.01 Å². The van der Waals surface area contributed by atoms with Gasteiger partial charge in [-0.15, -0.1) is 5.10 Å². The van der Waals surface area contributed by atoms with Gasteiger partial charge in [-0.2, -0.15) is 9.67 Å². The molecule has 1 heterocycles. The molecule has 0 N–H and O–H groups in total. The number of rotatable bonds is 7. The normalized spacial score (nSPS) is 10.8. The molecule has 20 heavy (non-hydrogen) atoms. The second-order valence-electron chi connectivity index (χ2n) is 4.19. The fourth-order valence-corrected chi connectivity index (χ4v) is 1.93. The van der Waals surface area contributed by atoms with Crippen LogP contribution in [0.3, 0.4) is 0 Å². The van der Waals surface area contributed by atoms with E-state index in [2.05, 4.69) is 32.9 Å². The minimum atomic E-state index is 0.354. The van der Waals surface area contributed by atoms with Gasteiger partial charge in [0.25, 0.3) is 0 Å². The fourth-order valence-electron chi connectivity index (χ4n) is 1.66. The molecule has 0 bridgehead atoms. The Hall–Kier alpha value is -1.40. The van der Waals surface area contributed by atoms with Crippen molar-refractivity contribution in [3.63, 3.8) is 0 Å². The molecule has 6 heteroatoms. The van der Waals surface area contributed by atoms with Crippen molar-refractivity contribution in [3.8, 4) is 17.4 Å². The molecular weight excluding hydrogens is 322 g/mol. The number of nitrogens with zero attached hydrogens (tertiary/aromatic N) is 3. The van der Waals surface area contributed by atoms with E-state index in [9.17, 15) is 0 Å². The summed E-state index contributed by atoms with van der Waals surface area (Å²) >= 11 is 3.41. The van der Waals surface area contributed by atoms with Gasteiger partial charge in [-0.05, 0) is 25.5 Å². The number of benzene rings is 1. The summed E-state index contributed by atoms with van der Waals surface area (Å²) in [6.45, 7) is 5.58. The minimum Gasteiger partial charge on any atom is -0.464 e. The molecule has 108 valence electrons. The summed E-state index contributed by atoms with van der Waals surface area (Å²) in [5, 5.41) is 4.44. The molecule has 2 aromatic rings. The lowest BCUT2D eigenvalue weighted by Crippen LogP contribution is -2.08. The summed E-state index contributed by atoms with van der Waals surface area (Å²) in [5.41, 5.74) is 0.948. The third-order valence-electron chi connectivity index (χ3n) is 2.58. The van der Waals surface area contributed by atoms with Crippen LogP contribution in [0.15, 0.2) is 28.7 Å². The van der Waals surface area contributed by atoms with Crippen LogP contribution in [0.5, 0.6) is 6.01 Å². The summed E-state index contributed by atoms with van der Waals surface area (Å²) in [4.78, 5) is 4.41. The Morgan fingerprint density at radius 1 is 1.20 bits per heavy atom. The van der Waals surface area contributed by atoms with Gasteiger partial charge in [0.05, 0.1) is 6.61 Å². The Morgan fingerprint density at radius 3 is 2.60 bits per heavy atom. The Labute approximate surface area is 127 Å². The summed E-state index contributed by atoms with van der Waals surface area (Å²) in [7, 11) is 0. The monoisotopic (exact) mass is 339 g/mol. The first kappa shape index (κ1) is 15.0. The molecule has 0 unspecified atom stereocenters. The molecule has 0 saturated heterocycles. The van der Waals surface area contributed by atoms with E-state index in [0.717, 1.165) is 16.5 Å². The fraction of sp³-hybridized carbons (Fsp3) is 0.429. The van der Waals surface area contributed by atoms with Crippen molar-refractivity contribution in [2.24, 2.45) is 0 Å². The van der Waals surface area contributed by atoms with Crippen molar-refractivity contribution >= 4 is 15.9 Å². The Balaban J connectivity index is 2.21. The second kappa shape index (κ2) is 7.40. The zero-order valence-corrected chi connectivity index (χ0v) is 13.3. The molecule has 0 amide bonds. The van der Waals surface area contributed by atoms with Gasteiger partial charge in [0, 0.05) is 16.6 Å². The Bertz CT molecular complexity index is 540. The van der Waals surface area contributed by atoms with E-state index in [0.29, 0.717) is 31.8 Å². The van der Waals surface area contributed by atoms with E-state index in [1.165, 1.54) is 0 Å². The van der Waals surface area contributed by atoms with Gasteiger partial charge < -0.3 is 9.47 Å². The minimum absolute atomic E-state index is 0.354. The maximum absolute atomic E-state index is 5.50. The lowest BCUT2D eigenvalue weighted by atomic mass is 10.2. The molecular formula is C14H18BrN3O2. The highest BCUT2D eigenvalue weighted by molar-refractivity contribution is 9.10. The van der Waals surface area contributed by atoms with Crippen molar-refractivity contribution < 1.29 is 9.47 Å².